The molecule has 0 aromatic carbocycles. The Hall–Kier alpha value is 0.280. The molecule has 0 fully saturated rings. The van der Waals surface area contributed by atoms with Gasteiger partial charge in [0.15, 0.2) is 0 Å². The van der Waals surface area contributed by atoms with Gasteiger partial charge in [0.05, 0.1) is 25.7 Å². The molecule has 1 unspecified atom stereocenters. The molecule has 0 saturated heterocycles. The number of unbranched alkanes of at least 4 members (excludes halogenated alkanes) is 8. The van der Waals surface area contributed by atoms with E-state index in [1.807, 2.05) is 0 Å². The molecule has 154 valence electrons. The lowest BCUT2D eigenvalue weighted by Crippen LogP contribution is -2.33. The van der Waals surface area contributed by atoms with Gasteiger partial charge in [-0.15, -0.1) is 0 Å². The number of hydrogen-bond donors (Lipinski definition) is 0. The Morgan fingerprint density at radius 3 is 1.73 bits per heavy atom. The number of nitrogens with zero attached hydrogens (tertiary/aromatic N) is 2. The van der Waals surface area contributed by atoms with Gasteiger partial charge >= 0.3 is 0 Å². The highest BCUT2D eigenvalue weighted by Gasteiger charge is 2.26. The van der Waals surface area contributed by atoms with E-state index in [4.69, 9.17) is 14.3 Å². The molecule has 4 nitrogen and oxygen atoms in total. The summed E-state index contributed by atoms with van der Waals surface area (Å²) in [6, 6.07) is 2.88. The summed E-state index contributed by atoms with van der Waals surface area (Å²) in [6.07, 6.45) is 12.2. The van der Waals surface area contributed by atoms with Crippen LogP contribution in [-0.4, -0.2) is 35.3 Å². The van der Waals surface area contributed by atoms with Crippen LogP contribution < -0.4 is 0 Å². The van der Waals surface area contributed by atoms with Crippen molar-refractivity contribution in [2.24, 2.45) is 0 Å². The summed E-state index contributed by atoms with van der Waals surface area (Å²) in [7, 11) is -1.07. The molecule has 0 aromatic heterocycles. The van der Waals surface area contributed by atoms with Crippen LogP contribution in [0.2, 0.25) is 0 Å². The maximum absolute atomic E-state index is 8.73. The van der Waals surface area contributed by atoms with Crippen molar-refractivity contribution < 1.29 is 9.05 Å². The summed E-state index contributed by atoms with van der Waals surface area (Å²) in [5, 5.41) is 9.87. The molecule has 0 aliphatic heterocycles. The van der Waals surface area contributed by atoms with Gasteiger partial charge in [0.1, 0.15) is 0 Å². The van der Waals surface area contributed by atoms with E-state index < -0.39 is 8.53 Å². The molecule has 1 atom stereocenters. The third-order valence-electron chi connectivity index (χ3n) is 4.14. The van der Waals surface area contributed by atoms with Crippen molar-refractivity contribution in [3.63, 3.8) is 0 Å². The van der Waals surface area contributed by atoms with Gasteiger partial charge in [-0.3, -0.25) is 0 Å². The minimum Gasteiger partial charge on any atom is -0.322 e. The molecule has 0 bridgehead atoms. The number of hydrogen-bond acceptors (Lipinski definition) is 4. The lowest BCUT2D eigenvalue weighted by Gasteiger charge is -2.35. The fraction of sp³-hybridized carbons (Fsp3) is 0.950. The Balaban J connectivity index is 3.93. The zero-order valence-electron chi connectivity index (χ0n) is 17.4. The van der Waals surface area contributed by atoms with Gasteiger partial charge < -0.3 is 9.05 Å². The standard InChI is InChI=1S/C20H40BrN2O2P/c1-19(2)23(20(3)4)26(25-18-14-16-22)24-17-13-11-9-7-5-6-8-10-12-15-21/h19-20H,5-15,17-18H2,1-4H3. The Kier molecular flexibility index (Phi) is 18.8. The van der Waals surface area contributed by atoms with Crippen molar-refractivity contribution in [2.45, 2.75) is 104 Å². The third-order valence-corrected chi connectivity index (χ3v) is 6.81. The lowest BCUT2D eigenvalue weighted by atomic mass is 10.1. The number of nitriles is 1. The second-order valence-electron chi connectivity index (χ2n) is 7.25. The summed E-state index contributed by atoms with van der Waals surface area (Å²) >= 11 is 3.48. The Bertz CT molecular complexity index is 343. The highest BCUT2D eigenvalue weighted by molar-refractivity contribution is 9.09. The van der Waals surface area contributed by atoms with E-state index in [9.17, 15) is 0 Å². The van der Waals surface area contributed by atoms with E-state index in [1.165, 1.54) is 51.4 Å². The number of halogens is 1. The van der Waals surface area contributed by atoms with Gasteiger partial charge in [-0.1, -0.05) is 60.9 Å². The van der Waals surface area contributed by atoms with Crippen LogP contribution in [0.5, 0.6) is 0 Å². The van der Waals surface area contributed by atoms with Crippen molar-refractivity contribution >= 4 is 24.5 Å². The van der Waals surface area contributed by atoms with E-state index in [1.54, 1.807) is 0 Å². The molecule has 0 aromatic rings. The summed E-state index contributed by atoms with van der Waals surface area (Å²) in [5.41, 5.74) is 0. The summed E-state index contributed by atoms with van der Waals surface area (Å²) < 4.78 is 14.3. The average molecular weight is 451 g/mol. The molecular weight excluding hydrogens is 411 g/mol. The Morgan fingerprint density at radius 2 is 1.27 bits per heavy atom. The zero-order chi connectivity index (χ0) is 19.6. The van der Waals surface area contributed by atoms with Crippen molar-refractivity contribution in [2.75, 3.05) is 18.5 Å². The lowest BCUT2D eigenvalue weighted by molar-refractivity contribution is 0.174. The topological polar surface area (TPSA) is 45.5 Å². The largest absolute Gasteiger partial charge is 0.322 e. The SMILES string of the molecule is CC(C)N(C(C)C)P(OCCC#N)OCCCCCCCCCCCBr. The highest BCUT2D eigenvalue weighted by atomic mass is 79.9. The second kappa shape index (κ2) is 18.6. The molecule has 0 spiro atoms. The van der Waals surface area contributed by atoms with Crippen LogP contribution in [0.4, 0.5) is 0 Å². The second-order valence-corrected chi connectivity index (χ2v) is 9.50. The first-order valence-corrected chi connectivity index (χ1v) is 12.6. The van der Waals surface area contributed by atoms with Crippen molar-refractivity contribution in [1.82, 2.24) is 4.67 Å². The number of alkyl halides is 1. The van der Waals surface area contributed by atoms with E-state index in [0.29, 0.717) is 25.1 Å². The minimum absolute atomic E-state index is 0.368. The van der Waals surface area contributed by atoms with Crippen LogP contribution >= 0.6 is 24.5 Å². The molecule has 26 heavy (non-hydrogen) atoms. The quantitative estimate of drug-likeness (QED) is 0.126. The van der Waals surface area contributed by atoms with Crippen molar-refractivity contribution in [3.8, 4) is 6.07 Å². The number of rotatable bonds is 18. The van der Waals surface area contributed by atoms with Gasteiger partial charge in [-0.25, -0.2) is 4.67 Å². The first kappa shape index (κ1) is 26.3. The molecule has 0 saturated carbocycles. The highest BCUT2D eigenvalue weighted by Crippen LogP contribution is 2.46. The first-order valence-electron chi connectivity index (χ1n) is 10.3. The fourth-order valence-corrected chi connectivity index (χ4v) is 4.91. The summed E-state index contributed by atoms with van der Waals surface area (Å²) in [4.78, 5) is 0. The van der Waals surface area contributed by atoms with Gasteiger partial charge in [0.25, 0.3) is 8.53 Å². The van der Waals surface area contributed by atoms with Crippen LogP contribution in [0.15, 0.2) is 0 Å². The first-order chi connectivity index (χ1) is 12.5. The maximum atomic E-state index is 8.73. The van der Waals surface area contributed by atoms with Gasteiger partial charge in [0, 0.05) is 17.4 Å². The maximum Gasteiger partial charge on any atom is 0.259 e. The molecular formula is C20H40BrN2O2P. The minimum atomic E-state index is -1.07. The molecule has 0 rings (SSSR count). The van der Waals surface area contributed by atoms with Crippen LogP contribution in [0.1, 0.15) is 91.9 Å². The molecule has 0 aliphatic carbocycles. The predicted octanol–water partition coefficient (Wildman–Crippen LogP) is 7.18. The van der Waals surface area contributed by atoms with E-state index in [2.05, 4.69) is 54.4 Å². The van der Waals surface area contributed by atoms with Crippen LogP contribution in [-0.2, 0) is 9.05 Å². The monoisotopic (exact) mass is 450 g/mol. The predicted molar refractivity (Wildman–Crippen MR) is 117 cm³/mol. The Morgan fingerprint density at radius 1 is 0.808 bits per heavy atom. The van der Waals surface area contributed by atoms with E-state index in [-0.39, 0.29) is 0 Å². The van der Waals surface area contributed by atoms with E-state index >= 15 is 0 Å². The van der Waals surface area contributed by atoms with Crippen molar-refractivity contribution in [1.29, 1.82) is 5.26 Å². The van der Waals surface area contributed by atoms with Gasteiger partial charge in [-0.05, 0) is 40.5 Å². The molecule has 0 heterocycles. The van der Waals surface area contributed by atoms with E-state index in [0.717, 1.165) is 18.4 Å². The average Bonchev–Trinajstić information content (AvgIpc) is 2.58. The third kappa shape index (κ3) is 14.4. The van der Waals surface area contributed by atoms with Crippen molar-refractivity contribution in [3.05, 3.63) is 0 Å². The molecule has 0 amide bonds. The van der Waals surface area contributed by atoms with Crippen LogP contribution in [0.25, 0.3) is 0 Å². The molecule has 0 radical (unpaired) electrons. The molecule has 6 heteroatoms. The van der Waals surface area contributed by atoms with Crippen LogP contribution in [0.3, 0.4) is 0 Å². The smallest absolute Gasteiger partial charge is 0.259 e. The summed E-state index contributed by atoms with van der Waals surface area (Å²) in [5.74, 6) is 0. The Labute approximate surface area is 172 Å². The normalized spacial score (nSPS) is 12.9. The van der Waals surface area contributed by atoms with Crippen LogP contribution in [0, 0.1) is 11.3 Å². The van der Waals surface area contributed by atoms with Gasteiger partial charge in [0.2, 0.25) is 0 Å². The molecule has 0 N–H and O–H groups in total. The van der Waals surface area contributed by atoms with Gasteiger partial charge in [-0.2, -0.15) is 5.26 Å². The molecule has 0 aliphatic rings. The fourth-order valence-electron chi connectivity index (χ4n) is 2.89. The zero-order valence-corrected chi connectivity index (χ0v) is 19.9. The summed E-state index contributed by atoms with van der Waals surface area (Å²) in [6.45, 7) is 9.88.